The van der Waals surface area contributed by atoms with Gasteiger partial charge in [0.2, 0.25) is 0 Å². The Balaban J connectivity index is 3.89. The third-order valence-corrected chi connectivity index (χ3v) is 6.32. The average molecular weight is 353 g/mol. The Labute approximate surface area is 161 Å². The maximum Gasteiger partial charge on any atom is -0.0326 e. The Kier molecular flexibility index (Phi) is 17.4. The minimum Gasteiger partial charge on any atom is -0.0654 e. The molecule has 25 heavy (non-hydrogen) atoms. The highest BCUT2D eigenvalue weighted by Gasteiger charge is 2.27. The van der Waals surface area contributed by atoms with Crippen LogP contribution in [-0.4, -0.2) is 0 Å². The van der Waals surface area contributed by atoms with Gasteiger partial charge in [-0.3, -0.25) is 0 Å². The highest BCUT2D eigenvalue weighted by atomic mass is 14.3. The van der Waals surface area contributed by atoms with Gasteiger partial charge in [0.05, 0.1) is 0 Å². The molecule has 0 N–H and O–H groups in total. The van der Waals surface area contributed by atoms with E-state index in [1.807, 2.05) is 0 Å². The second-order valence-corrected chi connectivity index (χ2v) is 9.26. The van der Waals surface area contributed by atoms with E-state index in [9.17, 15) is 0 Å². The highest BCUT2D eigenvalue weighted by Crippen LogP contribution is 2.39. The normalized spacial score (nSPS) is 13.3. The van der Waals surface area contributed by atoms with E-state index in [0.29, 0.717) is 5.41 Å². The Hall–Kier alpha value is 0. The van der Waals surface area contributed by atoms with Gasteiger partial charge in [0.25, 0.3) is 0 Å². The summed E-state index contributed by atoms with van der Waals surface area (Å²) in [6, 6.07) is 0. The van der Waals surface area contributed by atoms with Crippen LogP contribution in [0, 0.1) is 11.3 Å². The molecule has 0 radical (unpaired) electrons. The Morgan fingerprint density at radius 2 is 0.920 bits per heavy atom. The summed E-state index contributed by atoms with van der Waals surface area (Å²) in [6.45, 7) is 12.1. The third kappa shape index (κ3) is 14.8. The fourth-order valence-electron chi connectivity index (χ4n) is 4.36. The molecular weight excluding hydrogens is 300 g/mol. The molecule has 0 saturated heterocycles. The zero-order valence-electron chi connectivity index (χ0n) is 18.8. The van der Waals surface area contributed by atoms with E-state index in [0.717, 1.165) is 5.92 Å². The predicted molar refractivity (Wildman–Crippen MR) is 117 cm³/mol. The molecule has 0 spiro atoms. The first-order chi connectivity index (χ1) is 12.1. The monoisotopic (exact) mass is 352 g/mol. The Bertz CT molecular complexity index is 253. The molecule has 0 fully saturated rings. The van der Waals surface area contributed by atoms with Crippen molar-refractivity contribution in [3.05, 3.63) is 0 Å². The van der Waals surface area contributed by atoms with Gasteiger partial charge in [-0.1, -0.05) is 137 Å². The van der Waals surface area contributed by atoms with Crippen LogP contribution >= 0.6 is 0 Å². The smallest absolute Gasteiger partial charge is 0.0326 e. The molecular formula is C25H52. The van der Waals surface area contributed by atoms with Crippen molar-refractivity contribution in [2.75, 3.05) is 0 Å². The summed E-state index contributed by atoms with van der Waals surface area (Å²) in [7, 11) is 0. The lowest BCUT2D eigenvalue weighted by atomic mass is 9.71. The van der Waals surface area contributed by atoms with Gasteiger partial charge >= 0.3 is 0 Å². The van der Waals surface area contributed by atoms with Crippen LogP contribution in [0.15, 0.2) is 0 Å². The summed E-state index contributed by atoms with van der Waals surface area (Å²) in [4.78, 5) is 0. The van der Waals surface area contributed by atoms with Crippen molar-refractivity contribution < 1.29 is 0 Å². The van der Waals surface area contributed by atoms with Crippen molar-refractivity contribution in [3.63, 3.8) is 0 Å². The molecule has 0 nitrogen and oxygen atoms in total. The fraction of sp³-hybridized carbons (Fsp3) is 1.00. The quantitative estimate of drug-likeness (QED) is 0.203. The van der Waals surface area contributed by atoms with Gasteiger partial charge in [-0.2, -0.15) is 0 Å². The summed E-state index contributed by atoms with van der Waals surface area (Å²) in [5.74, 6) is 0.952. The van der Waals surface area contributed by atoms with E-state index in [-0.39, 0.29) is 0 Å². The van der Waals surface area contributed by atoms with Crippen LogP contribution in [0.1, 0.15) is 150 Å². The van der Waals surface area contributed by atoms with E-state index < -0.39 is 0 Å². The number of hydrogen-bond acceptors (Lipinski definition) is 0. The Morgan fingerprint density at radius 1 is 0.480 bits per heavy atom. The summed E-state index contributed by atoms with van der Waals surface area (Å²) in [5.41, 5.74) is 0.557. The van der Waals surface area contributed by atoms with Gasteiger partial charge in [0.15, 0.2) is 0 Å². The zero-order chi connectivity index (χ0) is 18.8. The predicted octanol–water partition coefficient (Wildman–Crippen LogP) is 9.71. The molecule has 0 aromatic rings. The lowest BCUT2D eigenvalue weighted by Crippen LogP contribution is -2.24. The Morgan fingerprint density at radius 3 is 1.40 bits per heavy atom. The molecule has 152 valence electrons. The molecule has 0 aliphatic rings. The number of rotatable bonds is 19. The molecule has 0 aromatic carbocycles. The first kappa shape index (κ1) is 25.0. The van der Waals surface area contributed by atoms with E-state index >= 15 is 0 Å². The van der Waals surface area contributed by atoms with E-state index in [1.165, 1.54) is 116 Å². The van der Waals surface area contributed by atoms with Gasteiger partial charge in [-0.15, -0.1) is 0 Å². The summed E-state index contributed by atoms with van der Waals surface area (Å²) < 4.78 is 0. The van der Waals surface area contributed by atoms with Gasteiger partial charge in [-0.05, 0) is 24.2 Å². The summed E-state index contributed by atoms with van der Waals surface area (Å²) in [6.07, 6.45) is 26.0. The fourth-order valence-corrected chi connectivity index (χ4v) is 4.36. The molecule has 1 unspecified atom stereocenters. The van der Waals surface area contributed by atoms with Crippen molar-refractivity contribution in [3.8, 4) is 0 Å². The second kappa shape index (κ2) is 17.4. The topological polar surface area (TPSA) is 0 Å². The van der Waals surface area contributed by atoms with E-state index in [2.05, 4.69) is 34.6 Å². The molecule has 0 aliphatic heterocycles. The molecule has 0 aromatic heterocycles. The third-order valence-electron chi connectivity index (χ3n) is 6.32. The lowest BCUT2D eigenvalue weighted by molar-refractivity contribution is 0.161. The van der Waals surface area contributed by atoms with Crippen molar-refractivity contribution >= 4 is 0 Å². The van der Waals surface area contributed by atoms with E-state index in [1.54, 1.807) is 0 Å². The molecule has 0 heterocycles. The van der Waals surface area contributed by atoms with Crippen LogP contribution in [0.3, 0.4) is 0 Å². The first-order valence-corrected chi connectivity index (χ1v) is 12.1. The van der Waals surface area contributed by atoms with Gasteiger partial charge in [-0.25, -0.2) is 0 Å². The van der Waals surface area contributed by atoms with Crippen LogP contribution in [0.5, 0.6) is 0 Å². The summed E-state index contributed by atoms with van der Waals surface area (Å²) >= 11 is 0. The van der Waals surface area contributed by atoms with Crippen LogP contribution in [0.25, 0.3) is 0 Å². The van der Waals surface area contributed by atoms with Gasteiger partial charge in [0, 0.05) is 0 Å². The standard InChI is InChI=1S/C25H52/c1-6-9-11-13-15-16-18-20-23-25(4,5)24(21-8-3)22-19-17-14-12-10-7-2/h24H,6-23H2,1-5H3. The van der Waals surface area contributed by atoms with E-state index in [4.69, 9.17) is 0 Å². The number of unbranched alkanes of at least 4 members (excludes halogenated alkanes) is 12. The van der Waals surface area contributed by atoms with Crippen molar-refractivity contribution in [2.24, 2.45) is 11.3 Å². The number of hydrogen-bond donors (Lipinski definition) is 0. The summed E-state index contributed by atoms with van der Waals surface area (Å²) in [5, 5.41) is 0. The molecule has 0 saturated carbocycles. The zero-order valence-corrected chi connectivity index (χ0v) is 18.8. The largest absolute Gasteiger partial charge is 0.0654 e. The average Bonchev–Trinajstić information content (AvgIpc) is 2.59. The maximum atomic E-state index is 2.56. The van der Waals surface area contributed by atoms with Crippen molar-refractivity contribution in [1.82, 2.24) is 0 Å². The highest BCUT2D eigenvalue weighted by molar-refractivity contribution is 4.78. The van der Waals surface area contributed by atoms with Gasteiger partial charge in [0.1, 0.15) is 0 Å². The van der Waals surface area contributed by atoms with Crippen LogP contribution in [0.2, 0.25) is 0 Å². The molecule has 0 aliphatic carbocycles. The van der Waals surface area contributed by atoms with Crippen LogP contribution < -0.4 is 0 Å². The van der Waals surface area contributed by atoms with Crippen LogP contribution in [-0.2, 0) is 0 Å². The second-order valence-electron chi connectivity index (χ2n) is 9.26. The van der Waals surface area contributed by atoms with Gasteiger partial charge < -0.3 is 0 Å². The molecule has 0 heteroatoms. The SMILES string of the molecule is CCCCCCCCCCC(C)(C)C(CCC)CCCCCCCC. The minimum atomic E-state index is 0.557. The molecule has 0 amide bonds. The molecule has 0 rings (SSSR count). The van der Waals surface area contributed by atoms with Crippen molar-refractivity contribution in [1.29, 1.82) is 0 Å². The maximum absolute atomic E-state index is 2.56. The lowest BCUT2D eigenvalue weighted by Gasteiger charge is -2.35. The molecule has 0 bridgehead atoms. The minimum absolute atomic E-state index is 0.557. The first-order valence-electron chi connectivity index (χ1n) is 12.1. The van der Waals surface area contributed by atoms with Crippen LogP contribution in [0.4, 0.5) is 0 Å². The van der Waals surface area contributed by atoms with Crippen molar-refractivity contribution in [2.45, 2.75) is 150 Å². The molecule has 1 atom stereocenters.